The summed E-state index contributed by atoms with van der Waals surface area (Å²) in [5, 5.41) is 0. The Morgan fingerprint density at radius 2 is 1.67 bits per heavy atom. The van der Waals surface area contributed by atoms with Gasteiger partial charge in [0.25, 0.3) is 0 Å². The van der Waals surface area contributed by atoms with Crippen LogP contribution in [0, 0.1) is 0 Å². The first kappa shape index (κ1) is 27.1. The molecule has 1 heterocycles. The van der Waals surface area contributed by atoms with Crippen LogP contribution in [0.15, 0.2) is 65.7 Å². The van der Waals surface area contributed by atoms with Crippen molar-refractivity contribution in [1.29, 1.82) is 0 Å². The van der Waals surface area contributed by atoms with Crippen LogP contribution in [-0.4, -0.2) is 54.7 Å². The zero-order chi connectivity index (χ0) is 26.1. The molecule has 2 amide bonds. The smallest absolute Gasteiger partial charge is 0.431 e. The van der Waals surface area contributed by atoms with Crippen LogP contribution in [0.2, 0.25) is 0 Å². The number of methoxy groups -OCH3 is 1. The molecule has 0 aliphatic rings. The maximum absolute atomic E-state index is 12.7. The summed E-state index contributed by atoms with van der Waals surface area (Å²) in [7, 11) is -2.70. The van der Waals surface area contributed by atoms with E-state index in [-0.39, 0.29) is 23.9 Å². The SMILES string of the molecule is COc1cc(Cc2cncnc2)cc(OCCC(=O)N(C(=O)OCc2ccccc2)S(C)(=O)=O)c1Br. The fourth-order valence-corrected chi connectivity index (χ4v) is 4.48. The molecule has 3 rings (SSSR count). The first-order chi connectivity index (χ1) is 17.2. The van der Waals surface area contributed by atoms with Crippen molar-refractivity contribution < 1.29 is 32.2 Å². The van der Waals surface area contributed by atoms with Gasteiger partial charge in [-0.05, 0) is 44.8 Å². The fraction of sp³-hybridized carbons (Fsp3) is 0.250. The summed E-state index contributed by atoms with van der Waals surface area (Å²) in [6.45, 7) is -0.377. The zero-order valence-corrected chi connectivity index (χ0v) is 22.0. The average Bonchev–Trinajstić information content (AvgIpc) is 2.85. The molecule has 0 atom stereocenters. The minimum absolute atomic E-state index is 0.112. The summed E-state index contributed by atoms with van der Waals surface area (Å²) < 4.78 is 41.1. The monoisotopic (exact) mass is 577 g/mol. The van der Waals surface area contributed by atoms with Crippen LogP contribution >= 0.6 is 15.9 Å². The number of nitrogens with zero attached hydrogens (tertiary/aromatic N) is 3. The minimum Gasteiger partial charge on any atom is -0.495 e. The van der Waals surface area contributed by atoms with E-state index < -0.39 is 22.0 Å². The fourth-order valence-electron chi connectivity index (χ4n) is 3.19. The highest BCUT2D eigenvalue weighted by Gasteiger charge is 2.32. The highest BCUT2D eigenvalue weighted by Crippen LogP contribution is 2.36. The van der Waals surface area contributed by atoms with Gasteiger partial charge in [-0.2, -0.15) is 0 Å². The van der Waals surface area contributed by atoms with Gasteiger partial charge in [0.05, 0.1) is 26.4 Å². The van der Waals surface area contributed by atoms with Crippen LogP contribution < -0.4 is 9.47 Å². The number of aromatic nitrogens is 2. The van der Waals surface area contributed by atoms with Crippen LogP contribution in [-0.2, 0) is 32.6 Å². The molecular weight excluding hydrogens is 554 g/mol. The number of rotatable bonds is 10. The van der Waals surface area contributed by atoms with Crippen LogP contribution in [0.4, 0.5) is 4.79 Å². The largest absolute Gasteiger partial charge is 0.495 e. The van der Waals surface area contributed by atoms with Gasteiger partial charge >= 0.3 is 6.09 Å². The molecule has 0 spiro atoms. The molecule has 0 unspecified atom stereocenters. The lowest BCUT2D eigenvalue weighted by Gasteiger charge is -2.19. The Hall–Kier alpha value is -3.51. The standard InChI is InChI=1S/C24H24BrN3O7S/c1-33-20-11-18(10-19-13-26-16-27-14-19)12-21(23(20)25)34-9-8-22(29)28(36(2,31)32)24(30)35-15-17-6-4-3-5-7-17/h3-7,11-14,16H,8-10,15H2,1-2H3. The van der Waals surface area contributed by atoms with E-state index in [1.165, 1.54) is 13.4 Å². The van der Waals surface area contributed by atoms with Crippen LogP contribution in [0.25, 0.3) is 0 Å². The first-order valence-corrected chi connectivity index (χ1v) is 13.3. The summed E-state index contributed by atoms with van der Waals surface area (Å²) in [6, 6.07) is 12.3. The number of carbonyl (C=O) groups excluding carboxylic acids is 2. The van der Waals surface area contributed by atoms with E-state index in [0.717, 1.165) is 17.4 Å². The van der Waals surface area contributed by atoms with Crippen LogP contribution in [0.5, 0.6) is 11.5 Å². The number of hydrogen-bond acceptors (Lipinski definition) is 9. The number of benzene rings is 2. The summed E-state index contributed by atoms with van der Waals surface area (Å²) >= 11 is 3.41. The Morgan fingerprint density at radius 3 is 2.31 bits per heavy atom. The van der Waals surface area contributed by atoms with Gasteiger partial charge < -0.3 is 14.2 Å². The van der Waals surface area contributed by atoms with Crippen molar-refractivity contribution in [2.24, 2.45) is 0 Å². The third-order valence-corrected chi connectivity index (χ3v) is 6.61. The number of hydrogen-bond donors (Lipinski definition) is 0. The third-order valence-electron chi connectivity index (χ3n) is 4.81. The number of amides is 2. The zero-order valence-electron chi connectivity index (χ0n) is 19.6. The minimum atomic E-state index is -4.21. The van der Waals surface area contributed by atoms with E-state index in [1.54, 1.807) is 48.8 Å². The van der Waals surface area contributed by atoms with Gasteiger partial charge in [0.2, 0.25) is 15.9 Å². The number of ether oxygens (including phenoxy) is 3. The van der Waals surface area contributed by atoms with Gasteiger partial charge in [0.15, 0.2) is 0 Å². The molecule has 3 aromatic rings. The Bertz CT molecular complexity index is 1310. The molecule has 36 heavy (non-hydrogen) atoms. The van der Waals surface area contributed by atoms with E-state index in [9.17, 15) is 18.0 Å². The summed E-state index contributed by atoms with van der Waals surface area (Å²) in [6.07, 6.45) is 4.42. The van der Waals surface area contributed by atoms with Crippen molar-refractivity contribution in [3.05, 3.63) is 82.3 Å². The molecule has 0 saturated heterocycles. The Morgan fingerprint density at radius 1 is 1.00 bits per heavy atom. The van der Waals surface area contributed by atoms with Crippen molar-refractivity contribution in [1.82, 2.24) is 14.3 Å². The lowest BCUT2D eigenvalue weighted by molar-refractivity contribution is -0.125. The molecule has 0 bridgehead atoms. The average molecular weight is 578 g/mol. The molecular formula is C24H24BrN3O7S. The number of sulfonamides is 1. The number of halogens is 1. The normalized spacial score (nSPS) is 11.0. The van der Waals surface area contributed by atoms with Gasteiger partial charge in [-0.3, -0.25) is 4.79 Å². The van der Waals surface area contributed by atoms with Crippen molar-refractivity contribution in [3.63, 3.8) is 0 Å². The highest BCUT2D eigenvalue weighted by molar-refractivity contribution is 9.10. The second kappa shape index (κ2) is 12.5. The van der Waals surface area contributed by atoms with Gasteiger partial charge in [0.1, 0.15) is 28.9 Å². The van der Waals surface area contributed by atoms with Crippen LogP contribution in [0.3, 0.4) is 0 Å². The van der Waals surface area contributed by atoms with Crippen LogP contribution in [0.1, 0.15) is 23.1 Å². The molecule has 190 valence electrons. The molecule has 12 heteroatoms. The van der Waals surface area contributed by atoms with Crippen molar-refractivity contribution in [2.45, 2.75) is 19.4 Å². The molecule has 0 saturated carbocycles. The van der Waals surface area contributed by atoms with Gasteiger partial charge in [-0.15, -0.1) is 4.31 Å². The molecule has 0 N–H and O–H groups in total. The van der Waals surface area contributed by atoms with E-state index in [1.807, 2.05) is 6.07 Å². The molecule has 0 fully saturated rings. The lowest BCUT2D eigenvalue weighted by Crippen LogP contribution is -2.42. The topological polar surface area (TPSA) is 125 Å². The molecule has 1 aromatic heterocycles. The van der Waals surface area contributed by atoms with Crippen molar-refractivity contribution in [3.8, 4) is 11.5 Å². The quantitative estimate of drug-likeness (QED) is 0.354. The first-order valence-electron chi connectivity index (χ1n) is 10.7. The van der Waals surface area contributed by atoms with E-state index in [2.05, 4.69) is 25.9 Å². The molecule has 0 aliphatic carbocycles. The second-order valence-electron chi connectivity index (χ2n) is 7.59. The second-order valence-corrected chi connectivity index (χ2v) is 10.2. The predicted octanol–water partition coefficient (Wildman–Crippen LogP) is 3.73. The number of imide groups is 1. The van der Waals surface area contributed by atoms with E-state index in [4.69, 9.17) is 14.2 Å². The van der Waals surface area contributed by atoms with Crippen molar-refractivity contribution in [2.75, 3.05) is 20.0 Å². The predicted molar refractivity (Wildman–Crippen MR) is 134 cm³/mol. The lowest BCUT2D eigenvalue weighted by atomic mass is 10.1. The molecule has 2 aromatic carbocycles. The van der Waals surface area contributed by atoms with E-state index in [0.29, 0.717) is 28.0 Å². The Kier molecular flexibility index (Phi) is 9.37. The van der Waals surface area contributed by atoms with E-state index >= 15 is 0 Å². The van der Waals surface area contributed by atoms with Crippen molar-refractivity contribution >= 4 is 38.0 Å². The highest BCUT2D eigenvalue weighted by atomic mass is 79.9. The third kappa shape index (κ3) is 7.49. The maximum atomic E-state index is 12.7. The Balaban J connectivity index is 1.67. The Labute approximate surface area is 217 Å². The molecule has 0 aliphatic heterocycles. The summed E-state index contributed by atoms with van der Waals surface area (Å²) in [4.78, 5) is 33.1. The van der Waals surface area contributed by atoms with Gasteiger partial charge in [-0.25, -0.2) is 23.2 Å². The number of carbonyl (C=O) groups is 2. The summed E-state index contributed by atoms with van der Waals surface area (Å²) in [5.41, 5.74) is 2.37. The molecule has 0 radical (unpaired) electrons. The summed E-state index contributed by atoms with van der Waals surface area (Å²) in [5.74, 6) is -0.0873. The maximum Gasteiger partial charge on any atom is 0.431 e. The molecule has 10 nitrogen and oxygen atoms in total. The van der Waals surface area contributed by atoms with Gasteiger partial charge in [-0.1, -0.05) is 30.3 Å². The van der Waals surface area contributed by atoms with Gasteiger partial charge in [0, 0.05) is 18.8 Å².